The van der Waals surface area contributed by atoms with E-state index >= 15 is 0 Å². The fourth-order valence-corrected chi connectivity index (χ4v) is 2.65. The van der Waals surface area contributed by atoms with Gasteiger partial charge >= 0.3 is 12.0 Å². The Morgan fingerprint density at radius 2 is 2.17 bits per heavy atom. The second-order valence-electron chi connectivity index (χ2n) is 4.74. The predicted molar refractivity (Wildman–Crippen MR) is 66.2 cm³/mol. The van der Waals surface area contributed by atoms with E-state index in [9.17, 15) is 9.59 Å². The molecule has 0 bridgehead atoms. The molecule has 2 heterocycles. The summed E-state index contributed by atoms with van der Waals surface area (Å²) in [6.45, 7) is 5.66. The van der Waals surface area contributed by atoms with E-state index in [0.29, 0.717) is 12.6 Å². The van der Waals surface area contributed by atoms with Gasteiger partial charge in [-0.1, -0.05) is 0 Å². The zero-order valence-corrected chi connectivity index (χ0v) is 10.9. The lowest BCUT2D eigenvalue weighted by molar-refractivity contribution is -0.141. The van der Waals surface area contributed by atoms with Crippen LogP contribution in [0.25, 0.3) is 0 Å². The molecule has 6 nitrogen and oxygen atoms in total. The second-order valence-corrected chi connectivity index (χ2v) is 4.74. The summed E-state index contributed by atoms with van der Waals surface area (Å²) in [6, 6.07) is 0.349. The number of nitrogens with zero attached hydrogens (tertiary/aromatic N) is 2. The molecule has 0 aliphatic carbocycles. The Balaban J connectivity index is 1.74. The van der Waals surface area contributed by atoms with Gasteiger partial charge in [-0.3, -0.25) is 9.69 Å². The van der Waals surface area contributed by atoms with E-state index in [1.54, 1.807) is 11.8 Å². The van der Waals surface area contributed by atoms with E-state index in [0.717, 1.165) is 26.2 Å². The Kier molecular flexibility index (Phi) is 4.41. The van der Waals surface area contributed by atoms with Crippen LogP contribution in [0, 0.1) is 0 Å². The molecule has 0 saturated carbocycles. The number of rotatable bonds is 3. The number of ether oxygens (including phenoxy) is 1. The van der Waals surface area contributed by atoms with E-state index in [4.69, 9.17) is 4.74 Å². The molecular formula is C12H21N3O3. The van der Waals surface area contributed by atoms with Crippen molar-refractivity contribution in [1.29, 1.82) is 0 Å². The molecule has 102 valence electrons. The van der Waals surface area contributed by atoms with Gasteiger partial charge < -0.3 is 15.0 Å². The van der Waals surface area contributed by atoms with Crippen LogP contribution in [0.5, 0.6) is 0 Å². The summed E-state index contributed by atoms with van der Waals surface area (Å²) in [5.74, 6) is -0.384. The van der Waals surface area contributed by atoms with Crippen molar-refractivity contribution in [3.63, 3.8) is 0 Å². The third-order valence-corrected chi connectivity index (χ3v) is 3.56. The first-order chi connectivity index (χ1) is 8.70. The Bertz CT molecular complexity index is 322. The quantitative estimate of drug-likeness (QED) is 0.723. The van der Waals surface area contributed by atoms with E-state index in [1.165, 1.54) is 12.8 Å². The van der Waals surface area contributed by atoms with Crippen molar-refractivity contribution in [1.82, 2.24) is 15.1 Å². The van der Waals surface area contributed by atoms with Crippen LogP contribution in [0.1, 0.15) is 19.8 Å². The van der Waals surface area contributed by atoms with Gasteiger partial charge in [-0.05, 0) is 26.3 Å². The first-order valence-corrected chi connectivity index (χ1v) is 6.63. The Hall–Kier alpha value is -1.30. The molecule has 6 heteroatoms. The number of carbonyl (C=O) groups excluding carboxylic acids is 2. The molecule has 2 amide bonds. The monoisotopic (exact) mass is 255 g/mol. The first-order valence-electron chi connectivity index (χ1n) is 6.63. The number of hydrogen-bond acceptors (Lipinski definition) is 4. The van der Waals surface area contributed by atoms with Crippen LogP contribution in [0.3, 0.4) is 0 Å². The van der Waals surface area contributed by atoms with Crippen LogP contribution in [0.4, 0.5) is 4.79 Å². The first kappa shape index (κ1) is 13.1. The zero-order valence-electron chi connectivity index (χ0n) is 10.9. The maximum Gasteiger partial charge on any atom is 0.325 e. The smallest absolute Gasteiger partial charge is 0.325 e. The van der Waals surface area contributed by atoms with E-state index in [2.05, 4.69) is 10.2 Å². The number of piperazine rings is 1. The van der Waals surface area contributed by atoms with Gasteiger partial charge in [0, 0.05) is 25.7 Å². The third-order valence-electron chi connectivity index (χ3n) is 3.56. The predicted octanol–water partition coefficient (Wildman–Crippen LogP) is 0.0391. The minimum atomic E-state index is -0.384. The summed E-state index contributed by atoms with van der Waals surface area (Å²) in [5, 5.41) is 2.61. The van der Waals surface area contributed by atoms with Crippen LogP contribution in [-0.4, -0.2) is 67.2 Å². The summed E-state index contributed by atoms with van der Waals surface area (Å²) < 4.78 is 4.77. The lowest BCUT2D eigenvalue weighted by Crippen LogP contribution is -2.55. The van der Waals surface area contributed by atoms with E-state index in [1.807, 2.05) is 0 Å². The molecule has 2 fully saturated rings. The molecule has 0 radical (unpaired) electrons. The topological polar surface area (TPSA) is 61.9 Å². The summed E-state index contributed by atoms with van der Waals surface area (Å²) in [7, 11) is 0. The van der Waals surface area contributed by atoms with Gasteiger partial charge in [-0.2, -0.15) is 0 Å². The minimum Gasteiger partial charge on any atom is -0.465 e. The van der Waals surface area contributed by atoms with E-state index in [-0.39, 0.29) is 18.5 Å². The molecule has 0 aromatic heterocycles. The Morgan fingerprint density at radius 3 is 2.94 bits per heavy atom. The highest BCUT2D eigenvalue weighted by Crippen LogP contribution is 2.21. The molecule has 18 heavy (non-hydrogen) atoms. The van der Waals surface area contributed by atoms with Gasteiger partial charge in [-0.25, -0.2) is 4.79 Å². The van der Waals surface area contributed by atoms with Crippen molar-refractivity contribution in [2.75, 3.05) is 39.3 Å². The second kappa shape index (κ2) is 6.04. The standard InChI is InChI=1S/C12H21N3O3/c1-2-18-11(16)8-13-12(17)15-7-6-14-5-3-4-10(14)9-15/h10H,2-9H2,1H3,(H,13,17). The van der Waals surface area contributed by atoms with Gasteiger partial charge in [0.05, 0.1) is 6.61 Å². The van der Waals surface area contributed by atoms with Gasteiger partial charge in [0.2, 0.25) is 0 Å². The van der Waals surface area contributed by atoms with Gasteiger partial charge in [0.1, 0.15) is 6.54 Å². The number of hydrogen-bond donors (Lipinski definition) is 1. The van der Waals surface area contributed by atoms with Crippen LogP contribution >= 0.6 is 0 Å². The van der Waals surface area contributed by atoms with Crippen LogP contribution in [0.2, 0.25) is 0 Å². The third kappa shape index (κ3) is 3.13. The highest BCUT2D eigenvalue weighted by molar-refractivity contribution is 5.80. The van der Waals surface area contributed by atoms with Gasteiger partial charge in [0.15, 0.2) is 0 Å². The lowest BCUT2D eigenvalue weighted by atomic mass is 10.2. The molecule has 0 spiro atoms. The average Bonchev–Trinajstić information content (AvgIpc) is 2.83. The molecule has 2 saturated heterocycles. The molecular weight excluding hydrogens is 234 g/mol. The SMILES string of the molecule is CCOC(=O)CNC(=O)N1CCN2CCCC2C1. The largest absolute Gasteiger partial charge is 0.465 e. The average molecular weight is 255 g/mol. The minimum absolute atomic E-state index is 0.0441. The van der Waals surface area contributed by atoms with Crippen molar-refractivity contribution >= 4 is 12.0 Å². The molecule has 1 atom stereocenters. The number of amides is 2. The fraction of sp³-hybridized carbons (Fsp3) is 0.833. The number of fused-ring (bicyclic) bond motifs is 1. The van der Waals surface area contributed by atoms with Crippen LogP contribution in [-0.2, 0) is 9.53 Å². The molecule has 1 unspecified atom stereocenters. The van der Waals surface area contributed by atoms with Crippen molar-refractivity contribution in [2.45, 2.75) is 25.8 Å². The van der Waals surface area contributed by atoms with Crippen molar-refractivity contribution in [3.05, 3.63) is 0 Å². The Morgan fingerprint density at radius 1 is 1.33 bits per heavy atom. The maximum atomic E-state index is 11.9. The molecule has 2 aliphatic heterocycles. The molecule has 0 aromatic rings. The fourth-order valence-electron chi connectivity index (χ4n) is 2.65. The zero-order chi connectivity index (χ0) is 13.0. The highest BCUT2D eigenvalue weighted by Gasteiger charge is 2.32. The summed E-state index contributed by atoms with van der Waals surface area (Å²) in [6.07, 6.45) is 2.39. The highest BCUT2D eigenvalue weighted by atomic mass is 16.5. The molecule has 0 aromatic carbocycles. The molecule has 2 aliphatic rings. The molecule has 1 N–H and O–H groups in total. The van der Waals surface area contributed by atoms with Crippen molar-refractivity contribution in [3.8, 4) is 0 Å². The number of nitrogens with one attached hydrogen (secondary N) is 1. The lowest BCUT2D eigenvalue weighted by Gasteiger charge is -2.37. The Labute approximate surface area is 107 Å². The summed E-state index contributed by atoms with van der Waals surface area (Å²) >= 11 is 0. The normalized spacial score (nSPS) is 23.6. The number of carbonyl (C=O) groups is 2. The summed E-state index contributed by atoms with van der Waals surface area (Å²) in [4.78, 5) is 27.3. The number of esters is 1. The van der Waals surface area contributed by atoms with Crippen molar-refractivity contribution < 1.29 is 14.3 Å². The van der Waals surface area contributed by atoms with Gasteiger partial charge in [0.25, 0.3) is 0 Å². The van der Waals surface area contributed by atoms with E-state index < -0.39 is 0 Å². The number of urea groups is 1. The maximum absolute atomic E-state index is 11.9. The van der Waals surface area contributed by atoms with Gasteiger partial charge in [-0.15, -0.1) is 0 Å². The molecule has 2 rings (SSSR count). The van der Waals surface area contributed by atoms with Crippen molar-refractivity contribution in [2.24, 2.45) is 0 Å². The van der Waals surface area contributed by atoms with Crippen LogP contribution in [0.15, 0.2) is 0 Å². The van der Waals surface area contributed by atoms with Crippen LogP contribution < -0.4 is 5.32 Å². The summed E-state index contributed by atoms with van der Waals surface area (Å²) in [5.41, 5.74) is 0.